The van der Waals surface area contributed by atoms with Gasteiger partial charge in [0.1, 0.15) is 0 Å². The van der Waals surface area contributed by atoms with Gasteiger partial charge in [-0.05, 0) is 19.8 Å². The Morgan fingerprint density at radius 2 is 1.86 bits per heavy atom. The third-order valence-corrected chi connectivity index (χ3v) is 4.13. The number of sulfonamides is 1. The maximum atomic E-state index is 11.2. The van der Waals surface area contributed by atoms with E-state index >= 15 is 0 Å². The van der Waals surface area contributed by atoms with Crippen molar-refractivity contribution in [3.05, 3.63) is 0 Å². The van der Waals surface area contributed by atoms with Gasteiger partial charge in [-0.15, -0.1) is 0 Å². The quantitative estimate of drug-likeness (QED) is 0.731. The molecule has 1 saturated carbocycles. The first kappa shape index (κ1) is 11.9. The van der Waals surface area contributed by atoms with E-state index in [1.54, 1.807) is 6.92 Å². The molecule has 0 unspecified atom stereocenters. The van der Waals surface area contributed by atoms with E-state index in [9.17, 15) is 13.5 Å². The summed E-state index contributed by atoms with van der Waals surface area (Å²) in [6.45, 7) is 1.76. The van der Waals surface area contributed by atoms with E-state index in [2.05, 4.69) is 4.72 Å². The maximum absolute atomic E-state index is 11.2. The minimum Gasteiger partial charge on any atom is -0.389 e. The second-order valence-corrected chi connectivity index (χ2v) is 6.11. The number of nitrogens with one attached hydrogen (secondary N) is 1. The van der Waals surface area contributed by atoms with Crippen LogP contribution in [0, 0.1) is 0 Å². The fourth-order valence-corrected chi connectivity index (χ4v) is 2.43. The predicted octanol–water partition coefficient (Wildman–Crippen LogP) is 0.621. The van der Waals surface area contributed by atoms with Gasteiger partial charge in [-0.2, -0.15) is 0 Å². The van der Waals surface area contributed by atoms with Gasteiger partial charge in [0, 0.05) is 6.54 Å². The molecule has 0 aromatic heterocycles. The van der Waals surface area contributed by atoms with E-state index < -0.39 is 15.6 Å². The topological polar surface area (TPSA) is 66.4 Å². The molecular formula is C9H19NO3S. The predicted molar refractivity (Wildman–Crippen MR) is 55.5 cm³/mol. The standard InChI is InChI=1S/C9H19NO3S/c1-2-14(12,13)10-8-9(11)6-4-3-5-7-9/h10-11H,2-8H2,1H3. The van der Waals surface area contributed by atoms with Crippen molar-refractivity contribution in [1.82, 2.24) is 4.72 Å². The molecule has 0 aromatic carbocycles. The van der Waals surface area contributed by atoms with Crippen molar-refractivity contribution in [1.29, 1.82) is 0 Å². The molecule has 1 aliphatic carbocycles. The van der Waals surface area contributed by atoms with Gasteiger partial charge in [0.25, 0.3) is 0 Å². The van der Waals surface area contributed by atoms with Crippen molar-refractivity contribution in [2.45, 2.75) is 44.6 Å². The van der Waals surface area contributed by atoms with Gasteiger partial charge < -0.3 is 5.11 Å². The lowest BCUT2D eigenvalue weighted by atomic mass is 9.85. The molecule has 0 bridgehead atoms. The van der Waals surface area contributed by atoms with Gasteiger partial charge in [-0.1, -0.05) is 19.3 Å². The number of hydrogen-bond acceptors (Lipinski definition) is 3. The van der Waals surface area contributed by atoms with Crippen molar-refractivity contribution in [2.75, 3.05) is 12.3 Å². The van der Waals surface area contributed by atoms with Crippen LogP contribution in [0.1, 0.15) is 39.0 Å². The first-order valence-electron chi connectivity index (χ1n) is 5.17. The Morgan fingerprint density at radius 3 is 2.36 bits per heavy atom. The highest BCUT2D eigenvalue weighted by atomic mass is 32.2. The SMILES string of the molecule is CCS(=O)(=O)NCC1(O)CCCCC1. The summed E-state index contributed by atoms with van der Waals surface area (Å²) in [4.78, 5) is 0. The van der Waals surface area contributed by atoms with Crippen LogP contribution in [0.5, 0.6) is 0 Å². The molecule has 0 heterocycles. The van der Waals surface area contributed by atoms with Crippen LogP contribution in [-0.2, 0) is 10.0 Å². The molecule has 1 aliphatic rings. The van der Waals surface area contributed by atoms with Gasteiger partial charge in [0.15, 0.2) is 0 Å². The van der Waals surface area contributed by atoms with E-state index in [4.69, 9.17) is 0 Å². The molecule has 0 radical (unpaired) electrons. The molecular weight excluding hydrogens is 202 g/mol. The lowest BCUT2D eigenvalue weighted by Gasteiger charge is -2.31. The minimum absolute atomic E-state index is 0.0725. The third kappa shape index (κ3) is 3.55. The van der Waals surface area contributed by atoms with Gasteiger partial charge in [-0.25, -0.2) is 13.1 Å². The Hall–Kier alpha value is -0.130. The van der Waals surface area contributed by atoms with E-state index in [1.165, 1.54) is 0 Å². The van der Waals surface area contributed by atoms with E-state index in [0.29, 0.717) is 12.8 Å². The number of hydrogen-bond donors (Lipinski definition) is 2. The summed E-state index contributed by atoms with van der Waals surface area (Å²) >= 11 is 0. The summed E-state index contributed by atoms with van der Waals surface area (Å²) in [7, 11) is -3.17. The van der Waals surface area contributed by atoms with Gasteiger partial charge in [-0.3, -0.25) is 0 Å². The fraction of sp³-hybridized carbons (Fsp3) is 1.00. The molecule has 0 amide bonds. The molecule has 1 fully saturated rings. The van der Waals surface area contributed by atoms with E-state index in [1.807, 2.05) is 0 Å². The first-order valence-corrected chi connectivity index (χ1v) is 6.82. The molecule has 0 aromatic rings. The summed E-state index contributed by atoms with van der Waals surface area (Å²) in [6.07, 6.45) is 4.54. The summed E-state index contributed by atoms with van der Waals surface area (Å²) in [5.74, 6) is 0.0725. The highest BCUT2D eigenvalue weighted by molar-refractivity contribution is 7.89. The molecule has 4 nitrogen and oxygen atoms in total. The first-order chi connectivity index (χ1) is 6.47. The zero-order valence-corrected chi connectivity index (χ0v) is 9.44. The molecule has 0 spiro atoms. The number of aliphatic hydroxyl groups is 1. The minimum atomic E-state index is -3.17. The van der Waals surface area contributed by atoms with Crippen molar-refractivity contribution >= 4 is 10.0 Å². The van der Waals surface area contributed by atoms with Crippen LogP contribution in [-0.4, -0.2) is 31.4 Å². The Labute approximate surface area is 85.8 Å². The summed E-state index contributed by atoms with van der Waals surface area (Å²) in [5.41, 5.74) is -0.805. The Balaban J connectivity index is 2.43. The van der Waals surface area contributed by atoms with E-state index in [0.717, 1.165) is 19.3 Å². The average Bonchev–Trinajstić information content (AvgIpc) is 2.17. The Morgan fingerprint density at radius 1 is 1.29 bits per heavy atom. The molecule has 1 rings (SSSR count). The normalized spacial score (nSPS) is 22.1. The lowest BCUT2D eigenvalue weighted by Crippen LogP contribution is -2.44. The van der Waals surface area contributed by atoms with Crippen molar-refractivity contribution in [2.24, 2.45) is 0 Å². The molecule has 0 saturated heterocycles. The summed E-state index contributed by atoms with van der Waals surface area (Å²) in [6, 6.07) is 0. The summed E-state index contributed by atoms with van der Waals surface area (Å²) < 4.78 is 24.8. The highest BCUT2D eigenvalue weighted by Crippen LogP contribution is 2.27. The molecule has 5 heteroatoms. The maximum Gasteiger partial charge on any atom is 0.211 e. The smallest absolute Gasteiger partial charge is 0.211 e. The zero-order chi connectivity index (χ0) is 10.7. The Bertz CT molecular complexity index is 268. The van der Waals surface area contributed by atoms with Crippen LogP contribution >= 0.6 is 0 Å². The van der Waals surface area contributed by atoms with E-state index in [-0.39, 0.29) is 12.3 Å². The van der Waals surface area contributed by atoms with Gasteiger partial charge in [0.2, 0.25) is 10.0 Å². The summed E-state index contributed by atoms with van der Waals surface area (Å²) in [5, 5.41) is 10.0. The second-order valence-electron chi connectivity index (χ2n) is 4.01. The largest absolute Gasteiger partial charge is 0.389 e. The van der Waals surface area contributed by atoms with Crippen molar-refractivity contribution < 1.29 is 13.5 Å². The second kappa shape index (κ2) is 4.59. The molecule has 0 atom stereocenters. The molecule has 2 N–H and O–H groups in total. The molecule has 0 aliphatic heterocycles. The fourth-order valence-electron chi connectivity index (χ4n) is 1.73. The molecule has 14 heavy (non-hydrogen) atoms. The van der Waals surface area contributed by atoms with Crippen molar-refractivity contribution in [3.63, 3.8) is 0 Å². The van der Waals surface area contributed by atoms with Crippen LogP contribution in [0.2, 0.25) is 0 Å². The van der Waals surface area contributed by atoms with Crippen LogP contribution in [0.3, 0.4) is 0 Å². The van der Waals surface area contributed by atoms with Crippen LogP contribution < -0.4 is 4.72 Å². The molecule has 84 valence electrons. The van der Waals surface area contributed by atoms with Gasteiger partial charge in [0.05, 0.1) is 11.4 Å². The zero-order valence-electron chi connectivity index (χ0n) is 8.62. The Kier molecular flexibility index (Phi) is 3.92. The number of rotatable bonds is 4. The highest BCUT2D eigenvalue weighted by Gasteiger charge is 2.29. The average molecular weight is 221 g/mol. The van der Waals surface area contributed by atoms with Crippen molar-refractivity contribution in [3.8, 4) is 0 Å². The van der Waals surface area contributed by atoms with Crippen LogP contribution in [0.25, 0.3) is 0 Å². The van der Waals surface area contributed by atoms with Crippen LogP contribution in [0.15, 0.2) is 0 Å². The third-order valence-electron chi connectivity index (χ3n) is 2.79. The van der Waals surface area contributed by atoms with Crippen LogP contribution in [0.4, 0.5) is 0 Å². The van der Waals surface area contributed by atoms with Gasteiger partial charge >= 0.3 is 0 Å². The monoisotopic (exact) mass is 221 g/mol. The lowest BCUT2D eigenvalue weighted by molar-refractivity contribution is 0.00946.